The second kappa shape index (κ2) is 4.86. The highest BCUT2D eigenvalue weighted by atomic mass is 16.4. The van der Waals surface area contributed by atoms with Crippen LogP contribution in [0.4, 0.5) is 5.69 Å². The third kappa shape index (κ3) is 1.93. The van der Waals surface area contributed by atoms with Gasteiger partial charge in [0.25, 0.3) is 0 Å². The number of H-pyrrole nitrogens is 1. The summed E-state index contributed by atoms with van der Waals surface area (Å²) in [7, 11) is 0. The highest BCUT2D eigenvalue weighted by Crippen LogP contribution is 2.10. The molecule has 0 fully saturated rings. The number of para-hydroxylation sites is 2. The predicted octanol–water partition coefficient (Wildman–Crippen LogP) is -0.720. The highest BCUT2D eigenvalue weighted by Gasteiger charge is 2.17. The van der Waals surface area contributed by atoms with Crippen molar-refractivity contribution in [2.45, 2.75) is 0 Å². The van der Waals surface area contributed by atoms with E-state index in [1.165, 1.54) is 10.6 Å². The van der Waals surface area contributed by atoms with Crippen molar-refractivity contribution in [1.82, 2.24) is 4.98 Å². The van der Waals surface area contributed by atoms with Crippen LogP contribution in [0, 0.1) is 0 Å². The number of quaternary nitrogens is 1. The van der Waals surface area contributed by atoms with Crippen molar-refractivity contribution in [2.75, 3.05) is 6.54 Å². The van der Waals surface area contributed by atoms with E-state index in [0.29, 0.717) is 6.54 Å². The Hall–Kier alpha value is -2.85. The zero-order chi connectivity index (χ0) is 15.1. The van der Waals surface area contributed by atoms with Gasteiger partial charge in [0.2, 0.25) is 0 Å². The zero-order valence-corrected chi connectivity index (χ0v) is 11.8. The van der Waals surface area contributed by atoms with Crippen molar-refractivity contribution in [3.05, 3.63) is 64.7 Å². The van der Waals surface area contributed by atoms with Gasteiger partial charge in [-0.15, -0.1) is 0 Å². The number of rotatable bonds is 2. The van der Waals surface area contributed by atoms with Crippen molar-refractivity contribution >= 4 is 34.8 Å². The van der Waals surface area contributed by atoms with Crippen molar-refractivity contribution in [3.8, 4) is 0 Å². The molecule has 0 saturated carbocycles. The predicted molar refractivity (Wildman–Crippen MR) is 82.7 cm³/mol. The number of carbonyl (C=O) groups excluding carboxylic acids is 1. The number of benzene rings is 2. The first-order chi connectivity index (χ1) is 10.7. The number of hydrogen-bond acceptors (Lipinski definition) is 2. The van der Waals surface area contributed by atoms with Crippen LogP contribution < -0.4 is 20.6 Å². The second-order valence-corrected chi connectivity index (χ2v) is 5.41. The molecule has 2 N–H and O–H groups in total. The maximum absolute atomic E-state index is 11.3. The molecule has 108 valence electrons. The quantitative estimate of drug-likeness (QED) is 0.654. The smallest absolute Gasteiger partial charge is 0.145 e. The van der Waals surface area contributed by atoms with Crippen LogP contribution >= 0.6 is 0 Å². The summed E-state index contributed by atoms with van der Waals surface area (Å²) in [5, 5.41) is 14.7. The van der Waals surface area contributed by atoms with Crippen LogP contribution in [0.5, 0.6) is 0 Å². The van der Waals surface area contributed by atoms with Crippen molar-refractivity contribution in [2.24, 2.45) is 0 Å². The first kappa shape index (κ1) is 12.9. The van der Waals surface area contributed by atoms with Gasteiger partial charge in [-0.3, -0.25) is 4.90 Å². The maximum atomic E-state index is 11.3. The lowest BCUT2D eigenvalue weighted by Gasteiger charge is -2.17. The normalized spacial score (nSPS) is 16.6. The van der Waals surface area contributed by atoms with E-state index in [2.05, 4.69) is 17.1 Å². The molecule has 2 aromatic carbocycles. The summed E-state index contributed by atoms with van der Waals surface area (Å²) < 4.78 is 0. The molecule has 2 heterocycles. The molecule has 0 spiro atoms. The molecule has 22 heavy (non-hydrogen) atoms. The first-order valence-corrected chi connectivity index (χ1v) is 7.19. The first-order valence-electron chi connectivity index (χ1n) is 7.19. The van der Waals surface area contributed by atoms with Crippen molar-refractivity contribution in [3.63, 3.8) is 0 Å². The van der Waals surface area contributed by atoms with E-state index in [9.17, 15) is 9.90 Å². The molecule has 3 aromatic rings. The van der Waals surface area contributed by atoms with Gasteiger partial charge in [0.1, 0.15) is 23.8 Å². The molecule has 4 nitrogen and oxygen atoms in total. The van der Waals surface area contributed by atoms with Crippen molar-refractivity contribution in [1.29, 1.82) is 0 Å². The Kier molecular flexibility index (Phi) is 2.84. The van der Waals surface area contributed by atoms with Crippen LogP contribution in [0.25, 0.3) is 23.2 Å². The molecule has 0 aliphatic carbocycles. The van der Waals surface area contributed by atoms with E-state index in [-0.39, 0.29) is 5.56 Å². The third-order valence-electron chi connectivity index (χ3n) is 4.11. The van der Waals surface area contributed by atoms with Crippen molar-refractivity contribution < 1.29 is 14.8 Å². The second-order valence-electron chi connectivity index (χ2n) is 5.41. The number of aromatic carboxylic acids is 1. The summed E-state index contributed by atoms with van der Waals surface area (Å²) >= 11 is 0. The Morgan fingerprint density at radius 2 is 1.86 bits per heavy atom. The van der Waals surface area contributed by atoms with Gasteiger partial charge in [-0.25, -0.2) is 0 Å². The van der Waals surface area contributed by atoms with Crippen LogP contribution in [0.2, 0.25) is 0 Å². The minimum Gasteiger partial charge on any atom is -0.545 e. The number of hydrogen-bond donors (Lipinski definition) is 2. The van der Waals surface area contributed by atoms with E-state index >= 15 is 0 Å². The van der Waals surface area contributed by atoms with Crippen LogP contribution in [0.15, 0.2) is 48.5 Å². The molecule has 0 radical (unpaired) electrons. The van der Waals surface area contributed by atoms with Gasteiger partial charge < -0.3 is 14.9 Å². The average molecular weight is 290 g/mol. The molecule has 1 aliphatic rings. The number of carboxylic acid groups (broad SMARTS) is 1. The third-order valence-corrected chi connectivity index (χ3v) is 4.11. The molecule has 4 heteroatoms. The van der Waals surface area contributed by atoms with E-state index in [1.807, 2.05) is 36.5 Å². The number of carboxylic acids is 1. The lowest BCUT2D eigenvalue weighted by atomic mass is 10.1. The van der Waals surface area contributed by atoms with Gasteiger partial charge in [0.05, 0.1) is 11.5 Å². The standard InChI is InChI=1S/C18H14N2O2/c21-18(22)14-6-2-4-8-17(14)20-10-9-13-12-5-1-3-7-15(12)19-16(13)11-20/h1-9,11,19H,10H2,(H,21,22). The molecule has 0 saturated heterocycles. The molecule has 1 aromatic heterocycles. The summed E-state index contributed by atoms with van der Waals surface area (Å²) in [6.45, 7) is 0.707. The highest BCUT2D eigenvalue weighted by molar-refractivity contribution is 5.90. The topological polar surface area (TPSA) is 60.4 Å². The fourth-order valence-electron chi connectivity index (χ4n) is 3.09. The lowest BCUT2D eigenvalue weighted by Crippen LogP contribution is -3.03. The van der Waals surface area contributed by atoms with Crippen LogP contribution in [-0.4, -0.2) is 17.5 Å². The Bertz CT molecular complexity index is 1000. The molecular weight excluding hydrogens is 276 g/mol. The molecule has 1 aliphatic heterocycles. The summed E-state index contributed by atoms with van der Waals surface area (Å²) in [4.78, 5) is 15.7. The van der Waals surface area contributed by atoms with E-state index in [4.69, 9.17) is 0 Å². The molecule has 4 rings (SSSR count). The van der Waals surface area contributed by atoms with Gasteiger partial charge >= 0.3 is 0 Å². The van der Waals surface area contributed by atoms with Gasteiger partial charge in [0.15, 0.2) is 0 Å². The maximum Gasteiger partial charge on any atom is 0.145 e. The Morgan fingerprint density at radius 1 is 1.09 bits per heavy atom. The monoisotopic (exact) mass is 290 g/mol. The van der Waals surface area contributed by atoms with Gasteiger partial charge in [-0.1, -0.05) is 30.3 Å². The largest absolute Gasteiger partial charge is 0.545 e. The Labute approximate surface area is 126 Å². The summed E-state index contributed by atoms with van der Waals surface area (Å²) in [6, 6.07) is 15.2. The zero-order valence-electron chi connectivity index (χ0n) is 11.8. The number of fused-ring (bicyclic) bond motifs is 3. The summed E-state index contributed by atoms with van der Waals surface area (Å²) in [5.41, 5.74) is 2.05. The number of carbonyl (C=O) groups is 1. The Morgan fingerprint density at radius 3 is 2.73 bits per heavy atom. The van der Waals surface area contributed by atoms with Crippen LogP contribution in [0.1, 0.15) is 10.4 Å². The molecule has 0 bridgehead atoms. The minimum atomic E-state index is -1.14. The molecule has 1 atom stereocenters. The van der Waals surface area contributed by atoms with E-state index < -0.39 is 5.97 Å². The fourth-order valence-corrected chi connectivity index (χ4v) is 3.09. The van der Waals surface area contributed by atoms with Crippen LogP contribution in [-0.2, 0) is 0 Å². The minimum absolute atomic E-state index is 0.238. The average Bonchev–Trinajstić information content (AvgIpc) is 2.92. The number of nitrogens with one attached hydrogen (secondary N) is 2. The Balaban J connectivity index is 1.90. The molecular formula is C18H14N2O2. The SMILES string of the molecule is O=C([O-])c1ccccc1[NH+]1C=c2[nH]c3ccccc3c2=CC1. The van der Waals surface area contributed by atoms with Gasteiger partial charge in [-0.05, 0) is 18.2 Å². The molecule has 0 amide bonds. The van der Waals surface area contributed by atoms with Gasteiger partial charge in [-0.2, -0.15) is 0 Å². The lowest BCUT2D eigenvalue weighted by molar-refractivity contribution is -0.734. The number of aromatic nitrogens is 1. The molecule has 1 unspecified atom stereocenters. The van der Waals surface area contributed by atoms with E-state index in [0.717, 1.165) is 21.5 Å². The fraction of sp³-hybridized carbons (Fsp3) is 0.0556. The summed E-state index contributed by atoms with van der Waals surface area (Å²) in [5.74, 6) is -1.14. The van der Waals surface area contributed by atoms with E-state index in [1.54, 1.807) is 12.1 Å². The van der Waals surface area contributed by atoms with Crippen LogP contribution in [0.3, 0.4) is 0 Å². The number of aromatic amines is 1. The summed E-state index contributed by atoms with van der Waals surface area (Å²) in [6.07, 6.45) is 4.19. The van der Waals surface area contributed by atoms with Gasteiger partial charge in [0, 0.05) is 22.2 Å².